The molecule has 0 saturated heterocycles. The molecule has 25 heavy (non-hydrogen) atoms. The van der Waals surface area contributed by atoms with E-state index in [9.17, 15) is 26.4 Å². The SMILES string of the molecule is COc1c(-c2cc(C(N)=O)ccn2)cc(N)cc1S(=O)(=O)C(F)(F)F. The van der Waals surface area contributed by atoms with Crippen molar-refractivity contribution in [3.05, 3.63) is 36.0 Å². The van der Waals surface area contributed by atoms with Gasteiger partial charge in [0, 0.05) is 23.0 Å². The number of amides is 1. The number of hydrogen-bond acceptors (Lipinski definition) is 6. The number of alkyl halides is 3. The zero-order chi connectivity index (χ0) is 19.0. The van der Waals surface area contributed by atoms with Crippen LogP contribution in [-0.4, -0.2) is 31.9 Å². The Hall–Kier alpha value is -2.82. The fourth-order valence-electron chi connectivity index (χ4n) is 2.08. The number of rotatable bonds is 4. The van der Waals surface area contributed by atoms with Gasteiger partial charge in [-0.05, 0) is 24.3 Å². The van der Waals surface area contributed by atoms with Crippen molar-refractivity contribution in [2.45, 2.75) is 10.4 Å². The van der Waals surface area contributed by atoms with Crippen molar-refractivity contribution in [3.8, 4) is 17.0 Å². The van der Waals surface area contributed by atoms with Crippen molar-refractivity contribution in [1.29, 1.82) is 0 Å². The summed E-state index contributed by atoms with van der Waals surface area (Å²) >= 11 is 0. The van der Waals surface area contributed by atoms with Gasteiger partial charge in [-0.3, -0.25) is 9.78 Å². The minimum absolute atomic E-state index is 0.0229. The van der Waals surface area contributed by atoms with E-state index < -0.39 is 31.9 Å². The van der Waals surface area contributed by atoms with Crippen molar-refractivity contribution in [2.75, 3.05) is 12.8 Å². The maximum absolute atomic E-state index is 12.9. The highest BCUT2D eigenvalue weighted by molar-refractivity contribution is 7.92. The number of methoxy groups -OCH3 is 1. The van der Waals surface area contributed by atoms with Crippen LogP contribution in [0.1, 0.15) is 10.4 Å². The number of carbonyl (C=O) groups is 1. The van der Waals surface area contributed by atoms with Gasteiger partial charge in [0.25, 0.3) is 9.84 Å². The molecule has 134 valence electrons. The van der Waals surface area contributed by atoms with Gasteiger partial charge in [-0.15, -0.1) is 0 Å². The van der Waals surface area contributed by atoms with Gasteiger partial charge >= 0.3 is 5.51 Å². The fourth-order valence-corrected chi connectivity index (χ4v) is 3.06. The molecule has 0 radical (unpaired) electrons. The average molecular weight is 375 g/mol. The first-order valence-corrected chi connectivity index (χ1v) is 8.02. The molecule has 2 rings (SSSR count). The second-order valence-electron chi connectivity index (χ2n) is 4.84. The summed E-state index contributed by atoms with van der Waals surface area (Å²) in [5.74, 6) is -1.39. The van der Waals surface area contributed by atoms with E-state index in [1.54, 1.807) is 0 Å². The van der Waals surface area contributed by atoms with Crippen molar-refractivity contribution in [1.82, 2.24) is 4.98 Å². The van der Waals surface area contributed by atoms with Crippen LogP contribution in [0.2, 0.25) is 0 Å². The predicted octanol–water partition coefficient (Wildman–Crippen LogP) is 1.73. The summed E-state index contributed by atoms with van der Waals surface area (Å²) in [6, 6.07) is 4.30. The summed E-state index contributed by atoms with van der Waals surface area (Å²) < 4.78 is 67.2. The number of nitrogen functional groups attached to an aromatic ring is 1. The molecule has 2 aromatic rings. The van der Waals surface area contributed by atoms with E-state index in [1.165, 1.54) is 24.4 Å². The molecule has 0 atom stereocenters. The third kappa shape index (κ3) is 3.36. The highest BCUT2D eigenvalue weighted by Gasteiger charge is 2.49. The minimum Gasteiger partial charge on any atom is -0.495 e. The molecule has 0 saturated carbocycles. The molecule has 0 bridgehead atoms. The van der Waals surface area contributed by atoms with Gasteiger partial charge < -0.3 is 16.2 Å². The molecule has 0 unspecified atom stereocenters. The molecule has 0 aliphatic rings. The monoisotopic (exact) mass is 375 g/mol. The Kier molecular flexibility index (Phi) is 4.62. The molecule has 1 heterocycles. The van der Waals surface area contributed by atoms with E-state index >= 15 is 0 Å². The summed E-state index contributed by atoms with van der Waals surface area (Å²) in [4.78, 5) is 14.0. The Morgan fingerprint density at radius 1 is 1.24 bits per heavy atom. The maximum atomic E-state index is 12.9. The molecule has 0 aliphatic carbocycles. The van der Waals surface area contributed by atoms with E-state index in [2.05, 4.69) is 4.98 Å². The van der Waals surface area contributed by atoms with Crippen LogP contribution in [0.3, 0.4) is 0 Å². The van der Waals surface area contributed by atoms with Crippen LogP contribution in [-0.2, 0) is 9.84 Å². The lowest BCUT2D eigenvalue weighted by atomic mass is 10.1. The molecule has 7 nitrogen and oxygen atoms in total. The number of hydrogen-bond donors (Lipinski definition) is 2. The van der Waals surface area contributed by atoms with E-state index in [0.717, 1.165) is 7.11 Å². The molecule has 0 fully saturated rings. The van der Waals surface area contributed by atoms with Crippen LogP contribution in [0.4, 0.5) is 18.9 Å². The Balaban J connectivity index is 2.82. The lowest BCUT2D eigenvalue weighted by Crippen LogP contribution is -2.24. The predicted molar refractivity (Wildman–Crippen MR) is 82.4 cm³/mol. The number of sulfone groups is 1. The normalized spacial score (nSPS) is 12.0. The van der Waals surface area contributed by atoms with Crippen LogP contribution in [0.15, 0.2) is 35.4 Å². The van der Waals surface area contributed by atoms with Gasteiger partial charge in [0.15, 0.2) is 0 Å². The number of halogens is 3. The van der Waals surface area contributed by atoms with Gasteiger partial charge in [0.1, 0.15) is 10.6 Å². The first-order chi connectivity index (χ1) is 11.5. The number of benzene rings is 1. The molecule has 4 N–H and O–H groups in total. The van der Waals surface area contributed by atoms with Crippen LogP contribution < -0.4 is 16.2 Å². The number of carbonyl (C=O) groups excluding carboxylic acids is 1. The van der Waals surface area contributed by atoms with Crippen LogP contribution in [0.25, 0.3) is 11.3 Å². The quantitative estimate of drug-likeness (QED) is 0.784. The Bertz CT molecular complexity index is 943. The highest BCUT2D eigenvalue weighted by Crippen LogP contribution is 2.42. The van der Waals surface area contributed by atoms with E-state index in [0.29, 0.717) is 6.07 Å². The first kappa shape index (κ1) is 18.5. The molecule has 0 aliphatic heterocycles. The first-order valence-electron chi connectivity index (χ1n) is 6.54. The minimum atomic E-state index is -5.72. The zero-order valence-corrected chi connectivity index (χ0v) is 13.5. The molecule has 1 aromatic heterocycles. The molecule has 1 amide bonds. The van der Waals surface area contributed by atoms with E-state index in [1.807, 2.05) is 0 Å². The number of aromatic nitrogens is 1. The van der Waals surface area contributed by atoms with Crippen LogP contribution in [0, 0.1) is 0 Å². The number of nitrogens with zero attached hydrogens (tertiary/aromatic N) is 1. The third-order valence-electron chi connectivity index (χ3n) is 3.20. The Morgan fingerprint density at radius 3 is 2.40 bits per heavy atom. The number of pyridine rings is 1. The van der Waals surface area contributed by atoms with Crippen molar-refractivity contribution < 1.29 is 31.1 Å². The Morgan fingerprint density at radius 2 is 1.88 bits per heavy atom. The standard InChI is InChI=1S/C14H12F3N3O4S/c1-24-12-9(10-4-7(13(19)21)2-3-20-10)5-8(18)6-11(12)25(22,23)14(15,16)17/h2-6H,18H2,1H3,(H2,19,21). The Labute approximate surface area is 140 Å². The van der Waals surface area contributed by atoms with Crippen LogP contribution in [0.5, 0.6) is 5.75 Å². The van der Waals surface area contributed by atoms with Crippen molar-refractivity contribution in [3.63, 3.8) is 0 Å². The van der Waals surface area contributed by atoms with Crippen LogP contribution >= 0.6 is 0 Å². The molecular weight excluding hydrogens is 363 g/mol. The van der Waals surface area contributed by atoms with E-state index in [4.69, 9.17) is 16.2 Å². The number of nitrogens with two attached hydrogens (primary N) is 2. The topological polar surface area (TPSA) is 125 Å². The number of primary amides is 1. The van der Waals surface area contributed by atoms with Gasteiger partial charge in [0.05, 0.1) is 12.8 Å². The lowest BCUT2D eigenvalue weighted by Gasteiger charge is -2.16. The van der Waals surface area contributed by atoms with Crippen molar-refractivity contribution in [2.24, 2.45) is 5.73 Å². The van der Waals surface area contributed by atoms with Crippen molar-refractivity contribution >= 4 is 21.4 Å². The van der Waals surface area contributed by atoms with Gasteiger partial charge in [-0.25, -0.2) is 8.42 Å². The largest absolute Gasteiger partial charge is 0.502 e. The zero-order valence-electron chi connectivity index (χ0n) is 12.7. The van der Waals surface area contributed by atoms with Gasteiger partial charge in [-0.2, -0.15) is 13.2 Å². The summed E-state index contributed by atoms with van der Waals surface area (Å²) in [5, 5.41) is 0. The fraction of sp³-hybridized carbons (Fsp3) is 0.143. The summed E-state index contributed by atoms with van der Waals surface area (Å²) in [7, 11) is -4.72. The number of anilines is 1. The molecule has 0 spiro atoms. The smallest absolute Gasteiger partial charge is 0.495 e. The summed E-state index contributed by atoms with van der Waals surface area (Å²) in [6.07, 6.45) is 1.19. The highest BCUT2D eigenvalue weighted by atomic mass is 32.2. The second kappa shape index (κ2) is 6.24. The maximum Gasteiger partial charge on any atom is 0.502 e. The third-order valence-corrected chi connectivity index (χ3v) is 4.69. The summed E-state index contributed by atoms with van der Waals surface area (Å²) in [5.41, 5.74) is 4.76. The summed E-state index contributed by atoms with van der Waals surface area (Å²) in [6.45, 7) is 0. The van der Waals surface area contributed by atoms with E-state index in [-0.39, 0.29) is 22.5 Å². The molecule has 11 heteroatoms. The second-order valence-corrected chi connectivity index (χ2v) is 6.75. The average Bonchev–Trinajstić information content (AvgIpc) is 2.53. The lowest BCUT2D eigenvalue weighted by molar-refractivity contribution is -0.0437. The number of ether oxygens (including phenoxy) is 1. The molecular formula is C14H12F3N3O4S. The molecule has 1 aromatic carbocycles. The van der Waals surface area contributed by atoms with Gasteiger partial charge in [-0.1, -0.05) is 0 Å². The van der Waals surface area contributed by atoms with Gasteiger partial charge in [0.2, 0.25) is 5.91 Å².